The standard InChI is InChI=1S/C11H15BrN2O/c1-8-3-4-10(12)5-9(8)6-14(2)7-11(13)15/h3-5H,6-7H2,1-2H3,(H2,13,15). The van der Waals surface area contributed by atoms with E-state index in [2.05, 4.69) is 35.0 Å². The van der Waals surface area contributed by atoms with Crippen molar-refractivity contribution in [3.8, 4) is 0 Å². The van der Waals surface area contributed by atoms with Crippen LogP contribution in [0.2, 0.25) is 0 Å². The summed E-state index contributed by atoms with van der Waals surface area (Å²) in [5, 5.41) is 0. The second-order valence-electron chi connectivity index (χ2n) is 3.71. The van der Waals surface area contributed by atoms with Gasteiger partial charge in [0.25, 0.3) is 0 Å². The quantitative estimate of drug-likeness (QED) is 0.905. The molecule has 2 N–H and O–H groups in total. The third-order valence-corrected chi connectivity index (χ3v) is 2.67. The Morgan fingerprint density at radius 1 is 1.53 bits per heavy atom. The van der Waals surface area contributed by atoms with E-state index in [4.69, 9.17) is 5.73 Å². The number of halogens is 1. The van der Waals surface area contributed by atoms with E-state index in [1.165, 1.54) is 11.1 Å². The molecular formula is C11H15BrN2O. The van der Waals surface area contributed by atoms with E-state index in [-0.39, 0.29) is 12.5 Å². The van der Waals surface area contributed by atoms with E-state index < -0.39 is 0 Å². The first-order valence-corrected chi connectivity index (χ1v) is 5.50. The molecule has 15 heavy (non-hydrogen) atoms. The maximum absolute atomic E-state index is 10.7. The summed E-state index contributed by atoms with van der Waals surface area (Å²) in [6.45, 7) is 3.07. The van der Waals surface area contributed by atoms with Crippen molar-refractivity contribution in [2.45, 2.75) is 13.5 Å². The molecule has 0 unspecified atom stereocenters. The number of rotatable bonds is 4. The topological polar surface area (TPSA) is 46.3 Å². The Kier molecular flexibility index (Phi) is 4.29. The number of amides is 1. The average Bonchev–Trinajstić information content (AvgIpc) is 2.10. The van der Waals surface area contributed by atoms with Gasteiger partial charge in [0.05, 0.1) is 6.54 Å². The molecule has 4 heteroatoms. The molecule has 0 radical (unpaired) electrons. The molecule has 0 aromatic heterocycles. The van der Waals surface area contributed by atoms with Gasteiger partial charge >= 0.3 is 0 Å². The molecule has 0 atom stereocenters. The van der Waals surface area contributed by atoms with Crippen LogP contribution in [-0.2, 0) is 11.3 Å². The van der Waals surface area contributed by atoms with E-state index in [1.54, 1.807) is 0 Å². The summed E-state index contributed by atoms with van der Waals surface area (Å²) in [7, 11) is 1.88. The molecule has 0 aliphatic heterocycles. The fourth-order valence-electron chi connectivity index (χ4n) is 1.42. The second kappa shape index (κ2) is 5.28. The van der Waals surface area contributed by atoms with Gasteiger partial charge in [-0.05, 0) is 37.2 Å². The summed E-state index contributed by atoms with van der Waals surface area (Å²) in [5.41, 5.74) is 7.54. The Balaban J connectivity index is 2.71. The first-order chi connectivity index (χ1) is 6.99. The van der Waals surface area contributed by atoms with Crippen LogP contribution in [0.3, 0.4) is 0 Å². The molecule has 0 bridgehead atoms. The lowest BCUT2D eigenvalue weighted by molar-refractivity contribution is -0.118. The van der Waals surface area contributed by atoms with E-state index in [9.17, 15) is 4.79 Å². The van der Waals surface area contributed by atoms with Crippen molar-refractivity contribution in [1.29, 1.82) is 0 Å². The highest BCUT2D eigenvalue weighted by atomic mass is 79.9. The number of primary amides is 1. The number of nitrogens with zero attached hydrogens (tertiary/aromatic N) is 1. The summed E-state index contributed by atoms with van der Waals surface area (Å²) < 4.78 is 1.05. The monoisotopic (exact) mass is 270 g/mol. The van der Waals surface area contributed by atoms with Gasteiger partial charge in [0, 0.05) is 11.0 Å². The molecule has 1 rings (SSSR count). The number of nitrogens with two attached hydrogens (primary N) is 1. The van der Waals surface area contributed by atoms with E-state index in [1.807, 2.05) is 18.0 Å². The molecule has 1 aromatic carbocycles. The lowest BCUT2D eigenvalue weighted by Crippen LogP contribution is -2.30. The van der Waals surface area contributed by atoms with Crippen molar-refractivity contribution >= 4 is 21.8 Å². The fourth-order valence-corrected chi connectivity index (χ4v) is 1.83. The van der Waals surface area contributed by atoms with Gasteiger partial charge < -0.3 is 5.73 Å². The lowest BCUT2D eigenvalue weighted by atomic mass is 10.1. The minimum absolute atomic E-state index is 0.284. The first kappa shape index (κ1) is 12.2. The number of carbonyl (C=O) groups is 1. The van der Waals surface area contributed by atoms with E-state index >= 15 is 0 Å². The van der Waals surface area contributed by atoms with Gasteiger partial charge in [0.2, 0.25) is 5.91 Å². The number of likely N-dealkylation sites (N-methyl/N-ethyl adjacent to an activating group) is 1. The van der Waals surface area contributed by atoms with Crippen LogP contribution >= 0.6 is 15.9 Å². The Morgan fingerprint density at radius 3 is 2.80 bits per heavy atom. The Hall–Kier alpha value is -0.870. The van der Waals surface area contributed by atoms with Gasteiger partial charge in [-0.2, -0.15) is 0 Å². The number of hydrogen-bond acceptors (Lipinski definition) is 2. The molecule has 0 fully saturated rings. The highest BCUT2D eigenvalue weighted by Crippen LogP contribution is 2.17. The van der Waals surface area contributed by atoms with Gasteiger partial charge in [-0.25, -0.2) is 0 Å². The molecule has 0 spiro atoms. The van der Waals surface area contributed by atoms with Crippen molar-refractivity contribution in [2.75, 3.05) is 13.6 Å². The maximum atomic E-state index is 10.7. The van der Waals surface area contributed by atoms with Crippen molar-refractivity contribution in [3.05, 3.63) is 33.8 Å². The first-order valence-electron chi connectivity index (χ1n) is 4.71. The SMILES string of the molecule is Cc1ccc(Br)cc1CN(C)CC(N)=O. The van der Waals surface area contributed by atoms with E-state index in [0.29, 0.717) is 0 Å². The molecule has 1 amide bonds. The van der Waals surface area contributed by atoms with Gasteiger partial charge in [-0.1, -0.05) is 22.0 Å². The van der Waals surface area contributed by atoms with Crippen LogP contribution in [0, 0.1) is 6.92 Å². The Morgan fingerprint density at radius 2 is 2.20 bits per heavy atom. The Bertz CT molecular complexity index is 366. The zero-order valence-electron chi connectivity index (χ0n) is 8.96. The van der Waals surface area contributed by atoms with E-state index in [0.717, 1.165) is 11.0 Å². The fraction of sp³-hybridized carbons (Fsp3) is 0.364. The minimum atomic E-state index is -0.301. The minimum Gasteiger partial charge on any atom is -0.369 e. The summed E-state index contributed by atoms with van der Waals surface area (Å²) in [4.78, 5) is 12.6. The van der Waals surface area contributed by atoms with Crippen molar-refractivity contribution in [1.82, 2.24) is 4.90 Å². The number of hydrogen-bond donors (Lipinski definition) is 1. The van der Waals surface area contributed by atoms with Crippen molar-refractivity contribution < 1.29 is 4.79 Å². The van der Waals surface area contributed by atoms with Crippen LogP contribution in [-0.4, -0.2) is 24.4 Å². The predicted molar refractivity (Wildman–Crippen MR) is 64.4 cm³/mol. The second-order valence-corrected chi connectivity index (χ2v) is 4.63. The van der Waals surface area contributed by atoms with Crippen LogP contribution in [0.25, 0.3) is 0 Å². The molecule has 0 aliphatic rings. The van der Waals surface area contributed by atoms with Crippen molar-refractivity contribution in [3.63, 3.8) is 0 Å². The van der Waals surface area contributed by atoms with Gasteiger partial charge in [-0.3, -0.25) is 9.69 Å². The molecule has 0 saturated carbocycles. The number of aryl methyl sites for hydroxylation is 1. The Labute approximate surface area is 98.4 Å². The molecule has 0 heterocycles. The zero-order chi connectivity index (χ0) is 11.4. The number of benzene rings is 1. The molecular weight excluding hydrogens is 256 g/mol. The smallest absolute Gasteiger partial charge is 0.231 e. The molecule has 0 saturated heterocycles. The summed E-state index contributed by atoms with van der Waals surface area (Å²) >= 11 is 3.43. The lowest BCUT2D eigenvalue weighted by Gasteiger charge is -2.16. The average molecular weight is 271 g/mol. The van der Waals surface area contributed by atoms with Crippen LogP contribution in [0.15, 0.2) is 22.7 Å². The summed E-state index contributed by atoms with van der Waals surface area (Å²) in [6, 6.07) is 6.12. The third kappa shape index (κ3) is 4.01. The predicted octanol–water partition coefficient (Wildman–Crippen LogP) is 1.67. The molecule has 3 nitrogen and oxygen atoms in total. The van der Waals surface area contributed by atoms with Gasteiger partial charge in [0.15, 0.2) is 0 Å². The normalized spacial score (nSPS) is 10.7. The van der Waals surface area contributed by atoms with Crippen LogP contribution in [0.4, 0.5) is 0 Å². The molecule has 1 aromatic rings. The van der Waals surface area contributed by atoms with Gasteiger partial charge in [-0.15, -0.1) is 0 Å². The zero-order valence-corrected chi connectivity index (χ0v) is 10.5. The van der Waals surface area contributed by atoms with Crippen LogP contribution in [0.1, 0.15) is 11.1 Å². The van der Waals surface area contributed by atoms with Crippen LogP contribution < -0.4 is 5.73 Å². The van der Waals surface area contributed by atoms with Gasteiger partial charge in [0.1, 0.15) is 0 Å². The highest BCUT2D eigenvalue weighted by molar-refractivity contribution is 9.10. The largest absolute Gasteiger partial charge is 0.369 e. The highest BCUT2D eigenvalue weighted by Gasteiger charge is 2.06. The number of carbonyl (C=O) groups excluding carboxylic acids is 1. The summed E-state index contributed by atoms with van der Waals surface area (Å²) in [6.07, 6.45) is 0. The maximum Gasteiger partial charge on any atom is 0.231 e. The summed E-state index contributed by atoms with van der Waals surface area (Å²) in [5.74, 6) is -0.301. The molecule has 0 aliphatic carbocycles. The van der Waals surface area contributed by atoms with Crippen molar-refractivity contribution in [2.24, 2.45) is 5.73 Å². The molecule has 82 valence electrons. The van der Waals surface area contributed by atoms with Crippen LogP contribution in [0.5, 0.6) is 0 Å². The third-order valence-electron chi connectivity index (χ3n) is 2.18.